The van der Waals surface area contributed by atoms with Crippen molar-refractivity contribution in [2.45, 2.75) is 31.7 Å². The van der Waals surface area contributed by atoms with Crippen LogP contribution in [0.2, 0.25) is 0 Å². The predicted molar refractivity (Wildman–Crippen MR) is 90.9 cm³/mol. The minimum Gasteiger partial charge on any atom is -0.359 e. The molecule has 1 saturated carbocycles. The molecule has 4 rings (SSSR count). The summed E-state index contributed by atoms with van der Waals surface area (Å²) < 4.78 is 0. The summed E-state index contributed by atoms with van der Waals surface area (Å²) in [6.45, 7) is 1.72. The lowest BCUT2D eigenvalue weighted by Gasteiger charge is -2.25. The number of pyridine rings is 1. The van der Waals surface area contributed by atoms with Gasteiger partial charge < -0.3 is 15.1 Å². The van der Waals surface area contributed by atoms with Crippen molar-refractivity contribution in [3.05, 3.63) is 23.4 Å². The van der Waals surface area contributed by atoms with Crippen LogP contribution in [0.15, 0.2) is 12.1 Å². The molecule has 0 spiro atoms. The van der Waals surface area contributed by atoms with E-state index in [4.69, 9.17) is 0 Å². The Morgan fingerprint density at radius 2 is 2.12 bits per heavy atom. The van der Waals surface area contributed by atoms with Gasteiger partial charge in [-0.1, -0.05) is 6.07 Å². The van der Waals surface area contributed by atoms with Gasteiger partial charge in [0, 0.05) is 39.6 Å². The third kappa shape index (κ3) is 2.54. The van der Waals surface area contributed by atoms with Crippen LogP contribution < -0.4 is 10.2 Å². The first-order valence-corrected chi connectivity index (χ1v) is 8.78. The molecule has 0 radical (unpaired) electrons. The first-order chi connectivity index (χ1) is 11.5. The number of nitrogens with one attached hydrogen (secondary N) is 1. The Bertz CT molecular complexity index is 690. The van der Waals surface area contributed by atoms with Crippen molar-refractivity contribution in [2.75, 3.05) is 32.1 Å². The summed E-state index contributed by atoms with van der Waals surface area (Å²) in [4.78, 5) is 33.0. The molecule has 6 nitrogen and oxygen atoms in total. The highest BCUT2D eigenvalue weighted by molar-refractivity contribution is 5.93. The number of amides is 2. The van der Waals surface area contributed by atoms with Gasteiger partial charge in [0.15, 0.2) is 0 Å². The molecule has 6 heteroatoms. The molecular formula is C18H24N4O2. The van der Waals surface area contributed by atoms with E-state index in [2.05, 4.69) is 15.2 Å². The minimum atomic E-state index is -0.0129. The minimum absolute atomic E-state index is 0.0129. The van der Waals surface area contributed by atoms with Crippen LogP contribution in [-0.4, -0.2) is 54.9 Å². The van der Waals surface area contributed by atoms with E-state index in [0.29, 0.717) is 24.0 Å². The van der Waals surface area contributed by atoms with Gasteiger partial charge in [-0.15, -0.1) is 0 Å². The van der Waals surface area contributed by atoms with E-state index in [0.717, 1.165) is 38.2 Å². The lowest BCUT2D eigenvalue weighted by Crippen LogP contribution is -2.38. The van der Waals surface area contributed by atoms with Gasteiger partial charge in [0.2, 0.25) is 5.91 Å². The number of nitrogens with zero attached hydrogens (tertiary/aromatic N) is 3. The molecule has 24 heavy (non-hydrogen) atoms. The summed E-state index contributed by atoms with van der Waals surface area (Å²) in [7, 11) is 3.89. The molecule has 2 fully saturated rings. The van der Waals surface area contributed by atoms with E-state index in [-0.39, 0.29) is 17.9 Å². The van der Waals surface area contributed by atoms with E-state index < -0.39 is 0 Å². The zero-order valence-electron chi connectivity index (χ0n) is 14.3. The first-order valence-electron chi connectivity index (χ1n) is 8.78. The zero-order chi connectivity index (χ0) is 16.8. The Kier molecular flexibility index (Phi) is 3.70. The second-order valence-corrected chi connectivity index (χ2v) is 7.42. The summed E-state index contributed by atoms with van der Waals surface area (Å²) in [6, 6.07) is 4.08. The standard InChI is InChI=1S/C18H24N4O2/c1-21-6-5-11-3-4-15(20-17(11)21)18(24)22(2)14-7-12-9-16(23)19-10-13(12)8-14/h3-4,12-14H,5-10H2,1-2H3,(H,19,23)/t12-,13+,14-/m0/s1. The molecule has 0 unspecified atom stereocenters. The van der Waals surface area contributed by atoms with Crippen LogP contribution in [0.3, 0.4) is 0 Å². The summed E-state index contributed by atoms with van der Waals surface area (Å²) >= 11 is 0. The summed E-state index contributed by atoms with van der Waals surface area (Å²) in [5.41, 5.74) is 1.74. The number of piperidine rings is 1. The zero-order valence-corrected chi connectivity index (χ0v) is 14.3. The predicted octanol–water partition coefficient (Wildman–Crippen LogP) is 1.06. The fourth-order valence-corrected chi connectivity index (χ4v) is 4.41. The Morgan fingerprint density at radius 1 is 1.33 bits per heavy atom. The quantitative estimate of drug-likeness (QED) is 0.882. The van der Waals surface area contributed by atoms with Crippen LogP contribution in [0.5, 0.6) is 0 Å². The molecule has 3 atom stereocenters. The largest absolute Gasteiger partial charge is 0.359 e. The van der Waals surface area contributed by atoms with Crippen LogP contribution in [0, 0.1) is 11.8 Å². The van der Waals surface area contributed by atoms with E-state index >= 15 is 0 Å². The van der Waals surface area contributed by atoms with E-state index in [1.807, 2.05) is 31.1 Å². The van der Waals surface area contributed by atoms with Crippen molar-refractivity contribution in [3.63, 3.8) is 0 Å². The summed E-state index contributed by atoms with van der Waals surface area (Å²) in [5.74, 6) is 1.99. The number of hydrogen-bond donors (Lipinski definition) is 1. The Labute approximate surface area is 142 Å². The Hall–Kier alpha value is -2.11. The van der Waals surface area contributed by atoms with Gasteiger partial charge in [-0.2, -0.15) is 0 Å². The maximum absolute atomic E-state index is 12.9. The molecule has 0 aromatic carbocycles. The Morgan fingerprint density at radius 3 is 2.96 bits per heavy atom. The van der Waals surface area contributed by atoms with Crippen LogP contribution in [-0.2, 0) is 11.2 Å². The Balaban J connectivity index is 1.49. The highest BCUT2D eigenvalue weighted by Gasteiger charge is 2.41. The number of rotatable bonds is 2. The van der Waals surface area contributed by atoms with Crippen molar-refractivity contribution in [2.24, 2.45) is 11.8 Å². The third-order valence-corrected chi connectivity index (χ3v) is 5.95. The summed E-state index contributed by atoms with van der Waals surface area (Å²) in [6.07, 6.45) is 3.49. The molecule has 2 amide bonds. The van der Waals surface area contributed by atoms with Crippen molar-refractivity contribution in [3.8, 4) is 0 Å². The molecule has 3 heterocycles. The van der Waals surface area contributed by atoms with Gasteiger partial charge in [0.05, 0.1) is 0 Å². The number of aromatic nitrogens is 1. The lowest BCUT2D eigenvalue weighted by atomic mass is 9.89. The number of fused-ring (bicyclic) bond motifs is 2. The molecule has 2 aliphatic heterocycles. The number of hydrogen-bond acceptors (Lipinski definition) is 4. The van der Waals surface area contributed by atoms with Gasteiger partial charge >= 0.3 is 0 Å². The first kappa shape index (κ1) is 15.4. The lowest BCUT2D eigenvalue weighted by molar-refractivity contribution is -0.124. The van der Waals surface area contributed by atoms with E-state index in [1.54, 1.807) is 0 Å². The smallest absolute Gasteiger partial charge is 0.272 e. The van der Waals surface area contributed by atoms with Crippen molar-refractivity contribution >= 4 is 17.6 Å². The summed E-state index contributed by atoms with van der Waals surface area (Å²) in [5, 5.41) is 2.95. The van der Waals surface area contributed by atoms with Gasteiger partial charge in [-0.3, -0.25) is 9.59 Å². The monoisotopic (exact) mass is 328 g/mol. The van der Waals surface area contributed by atoms with E-state index in [1.165, 1.54) is 5.56 Å². The van der Waals surface area contributed by atoms with Crippen LogP contribution in [0.1, 0.15) is 35.3 Å². The highest BCUT2D eigenvalue weighted by Crippen LogP contribution is 2.38. The number of anilines is 1. The number of carbonyl (C=O) groups excluding carboxylic acids is 2. The molecule has 0 bridgehead atoms. The normalized spacial score (nSPS) is 28.3. The average molecular weight is 328 g/mol. The van der Waals surface area contributed by atoms with Crippen molar-refractivity contribution < 1.29 is 9.59 Å². The van der Waals surface area contributed by atoms with Crippen molar-refractivity contribution in [1.82, 2.24) is 15.2 Å². The molecule has 1 aliphatic carbocycles. The molecule has 1 N–H and O–H groups in total. The fourth-order valence-electron chi connectivity index (χ4n) is 4.41. The maximum atomic E-state index is 12.9. The molecule has 1 aromatic rings. The topological polar surface area (TPSA) is 65.5 Å². The second kappa shape index (κ2) is 5.76. The van der Waals surface area contributed by atoms with Crippen LogP contribution in [0.25, 0.3) is 0 Å². The second-order valence-electron chi connectivity index (χ2n) is 7.42. The van der Waals surface area contributed by atoms with Gasteiger partial charge in [-0.05, 0) is 42.7 Å². The third-order valence-electron chi connectivity index (χ3n) is 5.95. The van der Waals surface area contributed by atoms with Gasteiger partial charge in [0.25, 0.3) is 5.91 Å². The number of likely N-dealkylation sites (N-methyl/N-ethyl adjacent to an activating group) is 1. The van der Waals surface area contributed by atoms with Gasteiger partial charge in [0.1, 0.15) is 11.5 Å². The maximum Gasteiger partial charge on any atom is 0.272 e. The van der Waals surface area contributed by atoms with Gasteiger partial charge in [-0.25, -0.2) is 4.98 Å². The molecular weight excluding hydrogens is 304 g/mol. The molecule has 1 aromatic heterocycles. The fraction of sp³-hybridized carbons (Fsp3) is 0.611. The molecule has 3 aliphatic rings. The van der Waals surface area contributed by atoms with Crippen LogP contribution >= 0.6 is 0 Å². The average Bonchev–Trinajstić information content (AvgIpc) is 3.16. The van der Waals surface area contributed by atoms with E-state index in [9.17, 15) is 9.59 Å². The molecule has 128 valence electrons. The number of carbonyl (C=O) groups is 2. The molecule has 1 saturated heterocycles. The van der Waals surface area contributed by atoms with Crippen molar-refractivity contribution in [1.29, 1.82) is 0 Å². The highest BCUT2D eigenvalue weighted by atomic mass is 16.2. The SMILES string of the molecule is CN1CCc2ccc(C(=O)N(C)[C@H]3C[C@H]4CC(=O)NC[C@H]4C3)nc21. The van der Waals surface area contributed by atoms with Crippen LogP contribution in [0.4, 0.5) is 5.82 Å².